The first-order chi connectivity index (χ1) is 3.79. The van der Waals surface area contributed by atoms with Crippen LogP contribution in [0.1, 0.15) is 19.8 Å². The summed E-state index contributed by atoms with van der Waals surface area (Å²) >= 11 is 2.53. The molecule has 1 aliphatic heterocycles. The minimum absolute atomic E-state index is 0.755. The maximum absolute atomic E-state index is 3.41. The molecule has 0 aromatic rings. The van der Waals surface area contributed by atoms with Crippen molar-refractivity contribution in [3.63, 3.8) is 0 Å². The van der Waals surface area contributed by atoms with Crippen LogP contribution in [0.3, 0.4) is 0 Å². The third-order valence-electron chi connectivity index (χ3n) is 1.56. The molecule has 48 valence electrons. The molecule has 0 aromatic heterocycles. The molecule has 8 heavy (non-hydrogen) atoms. The largest absolute Gasteiger partial charge is 0.314 e. The summed E-state index contributed by atoms with van der Waals surface area (Å²) in [5.74, 6) is 0. The molecule has 1 saturated heterocycles. The maximum Gasteiger partial charge on any atom is 0.0136 e. The van der Waals surface area contributed by atoms with Crippen molar-refractivity contribution in [2.24, 2.45) is 0 Å². The van der Waals surface area contributed by atoms with Gasteiger partial charge in [-0.2, -0.15) is 0 Å². The van der Waals surface area contributed by atoms with Gasteiger partial charge in [-0.1, -0.05) is 22.6 Å². The quantitative estimate of drug-likeness (QED) is 0.487. The van der Waals surface area contributed by atoms with Gasteiger partial charge in [-0.15, -0.1) is 0 Å². The first kappa shape index (κ1) is 6.81. The second kappa shape index (κ2) is 3.01. The Bertz CT molecular complexity index is 66.9. The van der Waals surface area contributed by atoms with E-state index in [0.29, 0.717) is 0 Å². The van der Waals surface area contributed by atoms with Crippen LogP contribution in [0.25, 0.3) is 0 Å². The van der Waals surface area contributed by atoms with Gasteiger partial charge >= 0.3 is 0 Å². The Morgan fingerprint density at radius 2 is 2.38 bits per heavy atom. The number of hydrogen-bond donors (Lipinski definition) is 1. The zero-order valence-corrected chi connectivity index (χ0v) is 7.31. The SMILES string of the molecule is C[C@H]1C[C@H](I)CCN1. The van der Waals surface area contributed by atoms with Crippen molar-refractivity contribution in [1.29, 1.82) is 0 Å². The van der Waals surface area contributed by atoms with E-state index in [-0.39, 0.29) is 0 Å². The van der Waals surface area contributed by atoms with Gasteiger partial charge in [-0.25, -0.2) is 0 Å². The molecule has 1 heterocycles. The second-order valence-electron chi connectivity index (χ2n) is 2.48. The van der Waals surface area contributed by atoms with Crippen LogP contribution < -0.4 is 5.32 Å². The van der Waals surface area contributed by atoms with Crippen LogP contribution in [0.4, 0.5) is 0 Å². The lowest BCUT2D eigenvalue weighted by atomic mass is 10.1. The average molecular weight is 225 g/mol. The molecule has 0 saturated carbocycles. The van der Waals surface area contributed by atoms with Gasteiger partial charge in [-0.05, 0) is 26.3 Å². The number of hydrogen-bond acceptors (Lipinski definition) is 1. The molecule has 0 amide bonds. The van der Waals surface area contributed by atoms with Crippen LogP contribution in [0.15, 0.2) is 0 Å². The van der Waals surface area contributed by atoms with Crippen molar-refractivity contribution >= 4 is 22.6 Å². The summed E-state index contributed by atoms with van der Waals surface area (Å²) in [5.41, 5.74) is 0. The normalized spacial score (nSPS) is 39.8. The summed E-state index contributed by atoms with van der Waals surface area (Å²) in [7, 11) is 0. The third-order valence-corrected chi connectivity index (χ3v) is 2.69. The Kier molecular flexibility index (Phi) is 2.56. The summed E-state index contributed by atoms with van der Waals surface area (Å²) in [6.07, 6.45) is 2.70. The molecule has 1 N–H and O–H groups in total. The topological polar surface area (TPSA) is 12.0 Å². The molecule has 0 spiro atoms. The molecule has 1 nitrogen and oxygen atoms in total. The number of nitrogens with one attached hydrogen (secondary N) is 1. The van der Waals surface area contributed by atoms with E-state index >= 15 is 0 Å². The van der Waals surface area contributed by atoms with Crippen LogP contribution in [-0.2, 0) is 0 Å². The van der Waals surface area contributed by atoms with E-state index in [1.54, 1.807) is 0 Å². The lowest BCUT2D eigenvalue weighted by molar-refractivity contribution is 0.442. The Balaban J connectivity index is 2.23. The van der Waals surface area contributed by atoms with Crippen molar-refractivity contribution in [2.45, 2.75) is 29.7 Å². The van der Waals surface area contributed by atoms with Crippen molar-refractivity contribution in [1.82, 2.24) is 5.32 Å². The standard InChI is InChI=1S/C6H12IN/c1-5-4-6(7)2-3-8-5/h5-6,8H,2-4H2,1H3/t5-,6+/m0/s1. The van der Waals surface area contributed by atoms with Gasteiger partial charge in [0.25, 0.3) is 0 Å². The lowest BCUT2D eigenvalue weighted by Gasteiger charge is -2.23. The Morgan fingerprint density at radius 3 is 2.75 bits per heavy atom. The molecule has 2 heteroatoms. The predicted molar refractivity (Wildman–Crippen MR) is 44.5 cm³/mol. The van der Waals surface area contributed by atoms with Gasteiger partial charge in [0.2, 0.25) is 0 Å². The van der Waals surface area contributed by atoms with E-state index in [0.717, 1.165) is 9.97 Å². The molecule has 0 bridgehead atoms. The number of piperidine rings is 1. The molecule has 1 rings (SSSR count). The van der Waals surface area contributed by atoms with E-state index in [2.05, 4.69) is 34.8 Å². The van der Waals surface area contributed by atoms with Crippen molar-refractivity contribution < 1.29 is 0 Å². The van der Waals surface area contributed by atoms with E-state index in [1.807, 2.05) is 0 Å². The summed E-state index contributed by atoms with van der Waals surface area (Å²) in [6.45, 7) is 3.47. The highest BCUT2D eigenvalue weighted by atomic mass is 127. The molecule has 0 unspecified atom stereocenters. The minimum atomic E-state index is 0.755. The molecular formula is C6H12IN. The monoisotopic (exact) mass is 225 g/mol. The zero-order chi connectivity index (χ0) is 5.98. The second-order valence-corrected chi connectivity index (χ2v) is 4.24. The maximum atomic E-state index is 3.41. The van der Waals surface area contributed by atoms with Crippen LogP contribution in [0.5, 0.6) is 0 Å². The summed E-state index contributed by atoms with van der Waals surface area (Å²) in [5, 5.41) is 3.41. The highest BCUT2D eigenvalue weighted by Gasteiger charge is 2.14. The van der Waals surface area contributed by atoms with Gasteiger partial charge in [0, 0.05) is 9.97 Å². The highest BCUT2D eigenvalue weighted by Crippen LogP contribution is 2.16. The van der Waals surface area contributed by atoms with E-state index in [1.165, 1.54) is 19.4 Å². The van der Waals surface area contributed by atoms with Gasteiger partial charge in [0.05, 0.1) is 0 Å². The highest BCUT2D eigenvalue weighted by molar-refractivity contribution is 14.1. The van der Waals surface area contributed by atoms with Crippen molar-refractivity contribution in [3.05, 3.63) is 0 Å². The van der Waals surface area contributed by atoms with Gasteiger partial charge in [0.1, 0.15) is 0 Å². The van der Waals surface area contributed by atoms with E-state index in [4.69, 9.17) is 0 Å². The smallest absolute Gasteiger partial charge is 0.0136 e. The first-order valence-corrected chi connectivity index (χ1v) is 4.41. The van der Waals surface area contributed by atoms with Crippen LogP contribution in [0.2, 0.25) is 0 Å². The van der Waals surface area contributed by atoms with Crippen LogP contribution >= 0.6 is 22.6 Å². The molecule has 2 atom stereocenters. The van der Waals surface area contributed by atoms with Gasteiger partial charge in [0.15, 0.2) is 0 Å². The third kappa shape index (κ3) is 1.90. The predicted octanol–water partition coefficient (Wildman–Crippen LogP) is 1.56. The Morgan fingerprint density at radius 1 is 1.62 bits per heavy atom. The summed E-state index contributed by atoms with van der Waals surface area (Å²) in [6, 6.07) is 0.755. The fourth-order valence-electron chi connectivity index (χ4n) is 1.07. The summed E-state index contributed by atoms with van der Waals surface area (Å²) in [4.78, 5) is 0. The first-order valence-electron chi connectivity index (χ1n) is 3.16. The van der Waals surface area contributed by atoms with Crippen molar-refractivity contribution in [2.75, 3.05) is 6.54 Å². The molecule has 0 radical (unpaired) electrons. The fourth-order valence-corrected chi connectivity index (χ4v) is 2.15. The molecule has 1 aliphatic rings. The molecule has 0 aliphatic carbocycles. The fraction of sp³-hybridized carbons (Fsp3) is 1.00. The molecule has 1 fully saturated rings. The van der Waals surface area contributed by atoms with Crippen LogP contribution in [0, 0.1) is 0 Å². The van der Waals surface area contributed by atoms with Gasteiger partial charge in [-0.3, -0.25) is 0 Å². The van der Waals surface area contributed by atoms with E-state index in [9.17, 15) is 0 Å². The Labute approximate surface area is 64.4 Å². The number of halogens is 1. The number of rotatable bonds is 0. The van der Waals surface area contributed by atoms with Gasteiger partial charge < -0.3 is 5.32 Å². The zero-order valence-electron chi connectivity index (χ0n) is 5.15. The Hall–Kier alpha value is 0.690. The number of alkyl halides is 1. The average Bonchev–Trinajstić information content (AvgIpc) is 1.64. The molecule has 0 aromatic carbocycles. The van der Waals surface area contributed by atoms with Crippen LogP contribution in [-0.4, -0.2) is 16.5 Å². The lowest BCUT2D eigenvalue weighted by Crippen LogP contribution is -2.35. The van der Waals surface area contributed by atoms with E-state index < -0.39 is 0 Å². The van der Waals surface area contributed by atoms with Crippen molar-refractivity contribution in [3.8, 4) is 0 Å². The summed E-state index contributed by atoms with van der Waals surface area (Å²) < 4.78 is 0.920. The minimum Gasteiger partial charge on any atom is -0.314 e. The molecular weight excluding hydrogens is 213 g/mol.